The molecule has 102 valence electrons. The fourth-order valence-corrected chi connectivity index (χ4v) is 1.42. The van der Waals surface area contributed by atoms with E-state index in [9.17, 15) is 9.18 Å². The fraction of sp³-hybridized carbons (Fsp3) is 0.385. The predicted octanol–water partition coefficient (Wildman–Crippen LogP) is 1.25. The van der Waals surface area contributed by atoms with Crippen molar-refractivity contribution in [1.82, 2.24) is 5.32 Å². The van der Waals surface area contributed by atoms with Crippen molar-refractivity contribution in [2.45, 2.75) is 19.4 Å². The van der Waals surface area contributed by atoms with E-state index in [-0.39, 0.29) is 31.2 Å². The number of rotatable bonds is 6. The molecule has 0 heterocycles. The number of carbonyl (C=O) groups is 1. The highest BCUT2D eigenvalue weighted by Crippen LogP contribution is 2.20. The van der Waals surface area contributed by atoms with Crippen LogP contribution in [-0.4, -0.2) is 19.1 Å². The van der Waals surface area contributed by atoms with Crippen LogP contribution >= 0.6 is 0 Å². The van der Waals surface area contributed by atoms with E-state index in [1.807, 2.05) is 6.07 Å². The van der Waals surface area contributed by atoms with Crippen LogP contribution in [-0.2, 0) is 4.79 Å². The van der Waals surface area contributed by atoms with Gasteiger partial charge in [-0.3, -0.25) is 4.79 Å². The first-order valence-electron chi connectivity index (χ1n) is 5.86. The van der Waals surface area contributed by atoms with Gasteiger partial charge in [-0.15, -0.1) is 0 Å². The second kappa shape index (κ2) is 7.34. The van der Waals surface area contributed by atoms with Gasteiger partial charge < -0.3 is 15.8 Å². The molecule has 0 aromatic heterocycles. The van der Waals surface area contributed by atoms with E-state index in [0.717, 1.165) is 0 Å². The van der Waals surface area contributed by atoms with Gasteiger partial charge in [0.1, 0.15) is 11.6 Å². The van der Waals surface area contributed by atoms with Crippen LogP contribution in [0.4, 0.5) is 4.39 Å². The van der Waals surface area contributed by atoms with Crippen LogP contribution in [0.25, 0.3) is 0 Å². The summed E-state index contributed by atoms with van der Waals surface area (Å²) in [5.74, 6) is -0.554. The van der Waals surface area contributed by atoms with Crippen molar-refractivity contribution in [3.63, 3.8) is 0 Å². The second-order valence-electron chi connectivity index (χ2n) is 4.02. The van der Waals surface area contributed by atoms with Crippen molar-refractivity contribution in [3.05, 3.63) is 29.6 Å². The Labute approximate surface area is 111 Å². The van der Waals surface area contributed by atoms with E-state index in [0.29, 0.717) is 5.56 Å². The number of nitriles is 1. The van der Waals surface area contributed by atoms with Gasteiger partial charge in [0.25, 0.3) is 5.91 Å². The highest BCUT2D eigenvalue weighted by Gasteiger charge is 2.09. The molecule has 0 aliphatic heterocycles. The molecule has 5 nitrogen and oxygen atoms in total. The third kappa shape index (κ3) is 4.94. The second-order valence-corrected chi connectivity index (χ2v) is 4.02. The third-order valence-electron chi connectivity index (χ3n) is 2.39. The Morgan fingerprint density at radius 2 is 2.37 bits per heavy atom. The van der Waals surface area contributed by atoms with Gasteiger partial charge in [-0.2, -0.15) is 5.26 Å². The van der Waals surface area contributed by atoms with Crippen LogP contribution < -0.4 is 15.8 Å². The topological polar surface area (TPSA) is 88.1 Å². The first kappa shape index (κ1) is 14.9. The lowest BCUT2D eigenvalue weighted by molar-refractivity contribution is -0.123. The Morgan fingerprint density at radius 1 is 1.63 bits per heavy atom. The number of hydrogen-bond donors (Lipinski definition) is 2. The molecule has 1 atom stereocenters. The molecule has 0 saturated heterocycles. The third-order valence-corrected chi connectivity index (χ3v) is 2.39. The maximum Gasteiger partial charge on any atom is 0.257 e. The Kier molecular flexibility index (Phi) is 5.76. The van der Waals surface area contributed by atoms with Crippen LogP contribution in [0.15, 0.2) is 18.2 Å². The average Bonchev–Trinajstić information content (AvgIpc) is 2.36. The van der Waals surface area contributed by atoms with Crippen LogP contribution in [0.1, 0.15) is 24.9 Å². The molecular weight excluding hydrogens is 249 g/mol. The number of benzene rings is 1. The summed E-state index contributed by atoms with van der Waals surface area (Å²) in [5, 5.41) is 10.8. The van der Waals surface area contributed by atoms with Gasteiger partial charge >= 0.3 is 0 Å². The van der Waals surface area contributed by atoms with Crippen molar-refractivity contribution >= 4 is 5.91 Å². The molecule has 1 aromatic rings. The summed E-state index contributed by atoms with van der Waals surface area (Å²) in [4.78, 5) is 11.3. The summed E-state index contributed by atoms with van der Waals surface area (Å²) in [6.07, 6.45) is 0.240. The van der Waals surface area contributed by atoms with Crippen molar-refractivity contribution in [2.75, 3.05) is 13.2 Å². The standard InChI is InChI=1S/C13H16FN3O2/c1-9(16)11-4-3-10(7-12(11)14)19-8-13(18)17-6-2-5-15/h3-4,7,9H,2,6,8,16H2,1H3,(H,17,18). The van der Waals surface area contributed by atoms with Crippen LogP contribution in [0.3, 0.4) is 0 Å². The van der Waals surface area contributed by atoms with Crippen molar-refractivity contribution in [3.8, 4) is 11.8 Å². The van der Waals surface area contributed by atoms with E-state index < -0.39 is 11.9 Å². The number of carbonyl (C=O) groups excluding carboxylic acids is 1. The number of amides is 1. The Morgan fingerprint density at radius 3 is 2.95 bits per heavy atom. The lowest BCUT2D eigenvalue weighted by Gasteiger charge is -2.10. The SMILES string of the molecule is CC(N)c1ccc(OCC(=O)NCCC#N)cc1F. The van der Waals surface area contributed by atoms with E-state index in [1.165, 1.54) is 12.1 Å². The minimum Gasteiger partial charge on any atom is -0.484 e. The fourth-order valence-electron chi connectivity index (χ4n) is 1.42. The number of nitrogens with zero attached hydrogens (tertiary/aromatic N) is 1. The van der Waals surface area contributed by atoms with Crippen molar-refractivity contribution in [2.24, 2.45) is 5.73 Å². The normalized spacial score (nSPS) is 11.5. The maximum atomic E-state index is 13.6. The van der Waals surface area contributed by atoms with Crippen molar-refractivity contribution in [1.29, 1.82) is 5.26 Å². The summed E-state index contributed by atoms with van der Waals surface area (Å²) in [7, 11) is 0. The lowest BCUT2D eigenvalue weighted by Crippen LogP contribution is -2.29. The molecule has 19 heavy (non-hydrogen) atoms. The van der Waals surface area contributed by atoms with E-state index in [4.69, 9.17) is 15.7 Å². The molecule has 0 fully saturated rings. The molecule has 0 aliphatic carbocycles. The van der Waals surface area contributed by atoms with Gasteiger partial charge in [0.05, 0.1) is 12.5 Å². The molecule has 0 radical (unpaired) electrons. The van der Waals surface area contributed by atoms with Crippen LogP contribution in [0.5, 0.6) is 5.75 Å². The van der Waals surface area contributed by atoms with Gasteiger partial charge in [0.2, 0.25) is 0 Å². The summed E-state index contributed by atoms with van der Waals surface area (Å²) in [5.41, 5.74) is 5.98. The van der Waals surface area contributed by atoms with E-state index in [2.05, 4.69) is 5.32 Å². The maximum absolute atomic E-state index is 13.6. The average molecular weight is 265 g/mol. The molecule has 0 spiro atoms. The molecule has 3 N–H and O–H groups in total. The minimum atomic E-state index is -0.461. The van der Waals surface area contributed by atoms with Gasteiger partial charge in [-0.05, 0) is 13.0 Å². The number of ether oxygens (including phenoxy) is 1. The van der Waals surface area contributed by atoms with Gasteiger partial charge in [0, 0.05) is 24.2 Å². The van der Waals surface area contributed by atoms with Crippen molar-refractivity contribution < 1.29 is 13.9 Å². The lowest BCUT2D eigenvalue weighted by atomic mass is 10.1. The highest BCUT2D eigenvalue weighted by molar-refractivity contribution is 5.77. The Balaban J connectivity index is 2.48. The smallest absolute Gasteiger partial charge is 0.257 e. The van der Waals surface area contributed by atoms with Crippen LogP contribution in [0, 0.1) is 17.1 Å². The number of halogens is 1. The predicted molar refractivity (Wildman–Crippen MR) is 67.7 cm³/mol. The number of nitrogens with two attached hydrogens (primary N) is 1. The molecular formula is C13H16FN3O2. The molecule has 1 unspecified atom stereocenters. The zero-order valence-corrected chi connectivity index (χ0v) is 10.6. The largest absolute Gasteiger partial charge is 0.484 e. The summed E-state index contributed by atoms with van der Waals surface area (Å²) in [6.45, 7) is 1.74. The molecule has 6 heteroatoms. The molecule has 1 aromatic carbocycles. The number of nitrogens with one attached hydrogen (secondary N) is 1. The Hall–Kier alpha value is -2.13. The van der Waals surface area contributed by atoms with E-state index >= 15 is 0 Å². The first-order chi connectivity index (χ1) is 9.04. The summed E-state index contributed by atoms with van der Waals surface area (Å²) < 4.78 is 18.7. The first-order valence-corrected chi connectivity index (χ1v) is 5.86. The summed E-state index contributed by atoms with van der Waals surface area (Å²) >= 11 is 0. The number of hydrogen-bond acceptors (Lipinski definition) is 4. The van der Waals surface area contributed by atoms with E-state index in [1.54, 1.807) is 13.0 Å². The van der Waals surface area contributed by atoms with Gasteiger partial charge in [-0.1, -0.05) is 6.07 Å². The molecule has 1 amide bonds. The quantitative estimate of drug-likeness (QED) is 0.758. The zero-order valence-electron chi connectivity index (χ0n) is 10.6. The van der Waals surface area contributed by atoms with Gasteiger partial charge in [0.15, 0.2) is 6.61 Å². The Bertz CT molecular complexity index is 483. The zero-order chi connectivity index (χ0) is 14.3. The minimum absolute atomic E-state index is 0.220. The van der Waals surface area contributed by atoms with Gasteiger partial charge in [-0.25, -0.2) is 4.39 Å². The molecule has 0 saturated carbocycles. The van der Waals surface area contributed by atoms with Crippen LogP contribution in [0.2, 0.25) is 0 Å². The summed E-state index contributed by atoms with van der Waals surface area (Å²) in [6, 6.07) is 5.79. The molecule has 0 bridgehead atoms. The monoisotopic (exact) mass is 265 g/mol. The molecule has 1 rings (SSSR count). The highest BCUT2D eigenvalue weighted by atomic mass is 19.1. The molecule has 0 aliphatic rings.